The van der Waals surface area contributed by atoms with Gasteiger partial charge < -0.3 is 31.3 Å². The normalized spacial score (nSPS) is 14.7. The second-order valence-corrected chi connectivity index (χ2v) is 9.11. The van der Waals surface area contributed by atoms with Crippen LogP contribution < -0.4 is 26.6 Å². The lowest BCUT2D eigenvalue weighted by atomic mass is 10.1. The number of hydrogen-bond donors (Lipinski definition) is 5. The van der Waals surface area contributed by atoms with E-state index >= 15 is 0 Å². The van der Waals surface area contributed by atoms with Crippen LogP contribution in [0.5, 0.6) is 0 Å². The van der Waals surface area contributed by atoms with Crippen LogP contribution in [0.2, 0.25) is 0 Å². The second-order valence-electron chi connectivity index (χ2n) is 9.11. The average molecular weight is 591 g/mol. The third-order valence-corrected chi connectivity index (χ3v) is 5.93. The molecule has 5 N–H and O–H groups in total. The predicted octanol–water partition coefficient (Wildman–Crippen LogP) is -1.36. The standard InChI is InChI=1S/C26H36N6O8.C2H6/c1-17-12-24(37)32(26(17)39)9-11-40-10-8-20(33)28-15-22(35)29-16-23(36)31-19(13-18-6-4-3-5-7-18)25(38)30-14-21(34)27-2;1-2/h3-7,17,19H,8-16H2,1-2H3,(H,27,34)(H,28,33)(H,29,35)(H,30,38)(H,31,36);1-2H3. The van der Waals surface area contributed by atoms with Crippen molar-refractivity contribution in [1.82, 2.24) is 31.5 Å². The van der Waals surface area contributed by atoms with Crippen molar-refractivity contribution in [3.8, 4) is 0 Å². The highest BCUT2D eigenvalue weighted by molar-refractivity contribution is 6.03. The van der Waals surface area contributed by atoms with Gasteiger partial charge in [0.1, 0.15) is 6.04 Å². The Hall–Kier alpha value is -4.33. The smallest absolute Gasteiger partial charge is 0.243 e. The first kappa shape index (κ1) is 35.7. The fourth-order valence-electron chi connectivity index (χ4n) is 3.70. The van der Waals surface area contributed by atoms with Crippen LogP contribution in [0.4, 0.5) is 0 Å². The van der Waals surface area contributed by atoms with Gasteiger partial charge in [0, 0.05) is 32.2 Å². The number of amides is 7. The largest absolute Gasteiger partial charge is 0.379 e. The molecule has 0 radical (unpaired) electrons. The van der Waals surface area contributed by atoms with Gasteiger partial charge in [-0.2, -0.15) is 0 Å². The van der Waals surface area contributed by atoms with Gasteiger partial charge in [0.25, 0.3) is 0 Å². The van der Waals surface area contributed by atoms with Crippen molar-refractivity contribution in [2.75, 3.05) is 46.4 Å². The number of rotatable bonds is 16. The molecular weight excluding hydrogens is 548 g/mol. The van der Waals surface area contributed by atoms with Crippen LogP contribution in [-0.2, 0) is 44.7 Å². The Morgan fingerprint density at radius 1 is 0.881 bits per heavy atom. The molecule has 1 heterocycles. The Labute approximate surface area is 245 Å². The van der Waals surface area contributed by atoms with E-state index in [1.807, 2.05) is 19.9 Å². The van der Waals surface area contributed by atoms with Crippen LogP contribution in [0.25, 0.3) is 0 Å². The van der Waals surface area contributed by atoms with Gasteiger partial charge in [-0.25, -0.2) is 0 Å². The molecule has 1 aliphatic rings. The van der Waals surface area contributed by atoms with Crippen LogP contribution in [-0.4, -0.2) is 98.7 Å². The van der Waals surface area contributed by atoms with Crippen molar-refractivity contribution in [2.24, 2.45) is 5.92 Å². The van der Waals surface area contributed by atoms with Crippen LogP contribution in [0.3, 0.4) is 0 Å². The van der Waals surface area contributed by atoms with Gasteiger partial charge in [-0.05, 0) is 5.56 Å². The Morgan fingerprint density at radius 2 is 1.50 bits per heavy atom. The minimum absolute atomic E-state index is 0.0341. The monoisotopic (exact) mass is 590 g/mol. The Morgan fingerprint density at radius 3 is 2.12 bits per heavy atom. The summed E-state index contributed by atoms with van der Waals surface area (Å²) in [7, 11) is 1.43. The minimum atomic E-state index is -0.985. The third-order valence-electron chi connectivity index (χ3n) is 5.93. The van der Waals surface area contributed by atoms with E-state index < -0.39 is 42.1 Å². The van der Waals surface area contributed by atoms with E-state index in [-0.39, 0.29) is 69.8 Å². The van der Waals surface area contributed by atoms with Gasteiger partial charge in [-0.1, -0.05) is 51.1 Å². The lowest BCUT2D eigenvalue weighted by Gasteiger charge is -2.19. The molecule has 0 saturated carbocycles. The molecule has 2 unspecified atom stereocenters. The van der Waals surface area contributed by atoms with Crippen molar-refractivity contribution in [2.45, 2.75) is 46.1 Å². The van der Waals surface area contributed by atoms with Crippen molar-refractivity contribution >= 4 is 41.4 Å². The summed E-state index contributed by atoms with van der Waals surface area (Å²) >= 11 is 0. The molecule has 0 spiro atoms. The zero-order valence-electron chi connectivity index (χ0n) is 24.6. The molecule has 0 aromatic heterocycles. The third kappa shape index (κ3) is 13.4. The van der Waals surface area contributed by atoms with Gasteiger partial charge in [-0.15, -0.1) is 0 Å². The minimum Gasteiger partial charge on any atom is -0.379 e. The number of ether oxygens (including phenoxy) is 1. The maximum Gasteiger partial charge on any atom is 0.243 e. The lowest BCUT2D eigenvalue weighted by Crippen LogP contribution is -2.52. The number of benzene rings is 1. The molecule has 1 aliphatic heterocycles. The van der Waals surface area contributed by atoms with E-state index in [2.05, 4.69) is 26.6 Å². The second kappa shape index (κ2) is 19.7. The average Bonchev–Trinajstić information content (AvgIpc) is 3.24. The molecule has 232 valence electrons. The molecule has 1 fully saturated rings. The van der Waals surface area contributed by atoms with Crippen LogP contribution in [0, 0.1) is 5.92 Å². The molecule has 0 bridgehead atoms. The summed E-state index contributed by atoms with van der Waals surface area (Å²) in [6.45, 7) is 4.88. The number of likely N-dealkylation sites (N-methyl/N-ethyl adjacent to an activating group) is 1. The molecule has 1 aromatic carbocycles. The molecule has 1 aromatic rings. The van der Waals surface area contributed by atoms with Crippen molar-refractivity contribution in [1.29, 1.82) is 0 Å². The van der Waals surface area contributed by atoms with Gasteiger partial charge in [0.15, 0.2) is 0 Å². The maximum atomic E-state index is 12.6. The van der Waals surface area contributed by atoms with Crippen LogP contribution in [0.1, 0.15) is 39.2 Å². The maximum absolute atomic E-state index is 12.6. The van der Waals surface area contributed by atoms with E-state index in [1.54, 1.807) is 31.2 Å². The Bertz CT molecular complexity index is 1080. The number of hydrogen-bond acceptors (Lipinski definition) is 8. The molecule has 14 nitrogen and oxygen atoms in total. The Kier molecular flexibility index (Phi) is 16.7. The summed E-state index contributed by atoms with van der Waals surface area (Å²) in [6.07, 6.45) is 0.314. The van der Waals surface area contributed by atoms with Crippen LogP contribution in [0.15, 0.2) is 30.3 Å². The molecule has 0 aliphatic carbocycles. The molecule has 2 rings (SSSR count). The first-order valence-electron chi connectivity index (χ1n) is 13.9. The van der Waals surface area contributed by atoms with E-state index in [4.69, 9.17) is 4.74 Å². The Balaban J connectivity index is 0.00000431. The fourth-order valence-corrected chi connectivity index (χ4v) is 3.70. The number of likely N-dealkylation sites (tertiary alicyclic amines) is 1. The molecule has 1 saturated heterocycles. The van der Waals surface area contributed by atoms with E-state index in [1.165, 1.54) is 7.05 Å². The molecule has 2 atom stereocenters. The topological polar surface area (TPSA) is 192 Å². The summed E-state index contributed by atoms with van der Waals surface area (Å²) in [6, 6.07) is 7.98. The van der Waals surface area contributed by atoms with Crippen molar-refractivity contribution in [3.63, 3.8) is 0 Å². The molecule has 42 heavy (non-hydrogen) atoms. The number of imide groups is 1. The van der Waals surface area contributed by atoms with Gasteiger partial charge >= 0.3 is 0 Å². The van der Waals surface area contributed by atoms with Gasteiger partial charge in [-0.3, -0.25) is 38.5 Å². The van der Waals surface area contributed by atoms with Crippen LogP contribution >= 0.6 is 0 Å². The van der Waals surface area contributed by atoms with Crippen molar-refractivity contribution < 1.29 is 38.3 Å². The molecule has 7 amide bonds. The first-order chi connectivity index (χ1) is 20.1. The van der Waals surface area contributed by atoms with E-state index in [9.17, 15) is 33.6 Å². The van der Waals surface area contributed by atoms with Gasteiger partial charge in [0.2, 0.25) is 41.4 Å². The zero-order chi connectivity index (χ0) is 31.5. The van der Waals surface area contributed by atoms with E-state index in [0.29, 0.717) is 0 Å². The van der Waals surface area contributed by atoms with Gasteiger partial charge in [0.05, 0.1) is 39.4 Å². The highest BCUT2D eigenvalue weighted by atomic mass is 16.5. The lowest BCUT2D eigenvalue weighted by molar-refractivity contribution is -0.140. The quantitative estimate of drug-likeness (QED) is 0.115. The summed E-state index contributed by atoms with van der Waals surface area (Å²) in [4.78, 5) is 85.1. The molecule has 14 heteroatoms. The summed E-state index contributed by atoms with van der Waals surface area (Å²) in [5, 5.41) is 12.2. The number of nitrogens with zero attached hydrogens (tertiary/aromatic N) is 1. The highest BCUT2D eigenvalue weighted by Gasteiger charge is 2.34. The number of carbonyl (C=O) groups is 7. The fraction of sp³-hybridized carbons (Fsp3) is 0.536. The summed E-state index contributed by atoms with van der Waals surface area (Å²) in [5.74, 6) is -3.47. The highest BCUT2D eigenvalue weighted by Crippen LogP contribution is 2.18. The summed E-state index contributed by atoms with van der Waals surface area (Å²) < 4.78 is 5.30. The first-order valence-corrected chi connectivity index (χ1v) is 13.9. The molecular formula is C28H42N6O8. The zero-order valence-corrected chi connectivity index (χ0v) is 24.6. The van der Waals surface area contributed by atoms with E-state index in [0.717, 1.165) is 10.5 Å². The van der Waals surface area contributed by atoms with Crippen molar-refractivity contribution in [3.05, 3.63) is 35.9 Å². The predicted molar refractivity (Wildman–Crippen MR) is 152 cm³/mol. The number of carbonyl (C=O) groups excluding carboxylic acids is 7. The SMILES string of the molecule is CC.CNC(=O)CNC(=O)C(Cc1ccccc1)NC(=O)CNC(=O)CNC(=O)CCOCCN1C(=O)CC(C)C1=O. The summed E-state index contributed by atoms with van der Waals surface area (Å²) in [5.41, 5.74) is 0.784. The number of nitrogens with one attached hydrogen (secondary N) is 5.